The lowest BCUT2D eigenvalue weighted by Gasteiger charge is -2.10. The lowest BCUT2D eigenvalue weighted by molar-refractivity contribution is 0.472. The van der Waals surface area contributed by atoms with Crippen LogP contribution in [0.15, 0.2) is 0 Å². The molecular weight excluding hydrogens is 134 g/mol. The van der Waals surface area contributed by atoms with Gasteiger partial charge in [0.15, 0.2) is 0 Å². The van der Waals surface area contributed by atoms with Crippen LogP contribution in [0.5, 0.6) is 0 Å². The van der Waals surface area contributed by atoms with Crippen LogP contribution in [0.1, 0.15) is 33.6 Å². The zero-order chi connectivity index (χ0) is 8.48. The summed E-state index contributed by atoms with van der Waals surface area (Å²) >= 11 is 0. The van der Waals surface area contributed by atoms with Gasteiger partial charge in [-0.3, -0.25) is 0 Å². The van der Waals surface area contributed by atoms with Gasteiger partial charge < -0.3 is 5.32 Å². The lowest BCUT2D eigenvalue weighted by Crippen LogP contribution is -2.29. The van der Waals surface area contributed by atoms with E-state index in [1.165, 1.54) is 12.8 Å². The number of terminal acetylenes is 1. The molecule has 1 N–H and O–H groups in total. The zero-order valence-corrected chi connectivity index (χ0v) is 7.65. The number of hydrogen-bond donors (Lipinski definition) is 1. The first-order chi connectivity index (χ1) is 5.12. The van der Waals surface area contributed by atoms with Crippen LogP contribution >= 0.6 is 0 Å². The Morgan fingerprint density at radius 3 is 2.82 bits per heavy atom. The summed E-state index contributed by atoms with van der Waals surface area (Å²) in [5, 5.41) is 3.41. The summed E-state index contributed by atoms with van der Waals surface area (Å²) in [5.74, 6) is 2.69. The minimum absolute atomic E-state index is 0.230. The van der Waals surface area contributed by atoms with Gasteiger partial charge in [0.25, 0.3) is 0 Å². The quantitative estimate of drug-likeness (QED) is 0.606. The number of rotatable bonds is 3. The van der Waals surface area contributed by atoms with Crippen molar-refractivity contribution in [3.8, 4) is 12.3 Å². The molecule has 0 amide bonds. The topological polar surface area (TPSA) is 12.0 Å². The second-order valence-corrected chi connectivity index (χ2v) is 3.82. The number of nitrogens with one attached hydrogen (secondary N) is 1. The SMILES string of the molecule is C#CC(C)NC1CC1(C)CC. The van der Waals surface area contributed by atoms with Crippen LogP contribution in [-0.2, 0) is 0 Å². The molecular formula is C10H17N. The van der Waals surface area contributed by atoms with E-state index in [1.54, 1.807) is 0 Å². The third kappa shape index (κ3) is 1.75. The molecule has 0 aromatic carbocycles. The van der Waals surface area contributed by atoms with Gasteiger partial charge in [0, 0.05) is 6.04 Å². The molecule has 1 nitrogen and oxygen atoms in total. The van der Waals surface area contributed by atoms with Gasteiger partial charge in [-0.05, 0) is 25.2 Å². The fourth-order valence-electron chi connectivity index (χ4n) is 1.41. The summed E-state index contributed by atoms with van der Waals surface area (Å²) < 4.78 is 0. The first-order valence-corrected chi connectivity index (χ1v) is 4.34. The fourth-order valence-corrected chi connectivity index (χ4v) is 1.41. The molecule has 0 saturated heterocycles. The highest BCUT2D eigenvalue weighted by Gasteiger charge is 2.48. The predicted octanol–water partition coefficient (Wildman–Crippen LogP) is 1.79. The van der Waals surface area contributed by atoms with Crippen molar-refractivity contribution in [1.82, 2.24) is 5.32 Å². The van der Waals surface area contributed by atoms with Crippen molar-refractivity contribution in [2.75, 3.05) is 0 Å². The Labute approximate surface area is 69.6 Å². The highest BCUT2D eigenvalue weighted by atomic mass is 15.0. The maximum absolute atomic E-state index is 5.27. The molecule has 0 heterocycles. The molecule has 3 atom stereocenters. The molecule has 0 aromatic heterocycles. The van der Waals surface area contributed by atoms with E-state index in [2.05, 4.69) is 25.1 Å². The van der Waals surface area contributed by atoms with E-state index in [9.17, 15) is 0 Å². The van der Waals surface area contributed by atoms with Crippen molar-refractivity contribution < 1.29 is 0 Å². The van der Waals surface area contributed by atoms with Crippen molar-refractivity contribution >= 4 is 0 Å². The third-order valence-corrected chi connectivity index (χ3v) is 2.86. The molecule has 1 aliphatic rings. The molecule has 1 aliphatic carbocycles. The first-order valence-electron chi connectivity index (χ1n) is 4.34. The Kier molecular flexibility index (Phi) is 2.25. The largest absolute Gasteiger partial charge is 0.301 e. The van der Waals surface area contributed by atoms with Crippen molar-refractivity contribution in [1.29, 1.82) is 0 Å². The molecule has 0 radical (unpaired) electrons. The summed E-state index contributed by atoms with van der Waals surface area (Å²) in [7, 11) is 0. The second kappa shape index (κ2) is 2.87. The average molecular weight is 151 g/mol. The van der Waals surface area contributed by atoms with Crippen LogP contribution in [0.2, 0.25) is 0 Å². The first kappa shape index (κ1) is 8.62. The van der Waals surface area contributed by atoms with Gasteiger partial charge in [-0.2, -0.15) is 0 Å². The summed E-state index contributed by atoms with van der Waals surface area (Å²) in [4.78, 5) is 0. The van der Waals surface area contributed by atoms with Gasteiger partial charge in [-0.1, -0.05) is 19.8 Å². The van der Waals surface area contributed by atoms with E-state index in [0.29, 0.717) is 11.5 Å². The number of hydrogen-bond acceptors (Lipinski definition) is 1. The minimum atomic E-state index is 0.230. The van der Waals surface area contributed by atoms with E-state index in [-0.39, 0.29) is 6.04 Å². The predicted molar refractivity (Wildman–Crippen MR) is 48.2 cm³/mol. The van der Waals surface area contributed by atoms with Crippen LogP contribution in [0, 0.1) is 17.8 Å². The molecule has 1 rings (SSSR count). The highest BCUT2D eigenvalue weighted by molar-refractivity contribution is 5.08. The van der Waals surface area contributed by atoms with Crippen molar-refractivity contribution in [3.63, 3.8) is 0 Å². The molecule has 0 aromatic rings. The minimum Gasteiger partial charge on any atom is -0.301 e. The van der Waals surface area contributed by atoms with Crippen LogP contribution in [0.3, 0.4) is 0 Å². The van der Waals surface area contributed by atoms with E-state index in [1.807, 2.05) is 6.92 Å². The Hall–Kier alpha value is -0.480. The van der Waals surface area contributed by atoms with Gasteiger partial charge in [-0.25, -0.2) is 0 Å². The van der Waals surface area contributed by atoms with Gasteiger partial charge >= 0.3 is 0 Å². The van der Waals surface area contributed by atoms with E-state index < -0.39 is 0 Å². The zero-order valence-electron chi connectivity index (χ0n) is 7.65. The summed E-state index contributed by atoms with van der Waals surface area (Å²) in [6.07, 6.45) is 7.80. The van der Waals surface area contributed by atoms with Crippen LogP contribution in [0.4, 0.5) is 0 Å². The molecule has 0 spiro atoms. The third-order valence-electron chi connectivity index (χ3n) is 2.86. The molecule has 1 saturated carbocycles. The molecule has 11 heavy (non-hydrogen) atoms. The Morgan fingerprint density at radius 2 is 2.45 bits per heavy atom. The molecule has 1 heteroatoms. The maximum atomic E-state index is 5.27. The summed E-state index contributed by atoms with van der Waals surface area (Å²) in [6, 6.07) is 0.895. The standard InChI is InChI=1S/C10H17N/c1-5-8(3)11-9-7-10(9,4)6-2/h1,8-9,11H,6-7H2,2-4H3. The van der Waals surface area contributed by atoms with Crippen molar-refractivity contribution in [3.05, 3.63) is 0 Å². The van der Waals surface area contributed by atoms with Gasteiger partial charge in [0.1, 0.15) is 0 Å². The molecule has 1 fully saturated rings. The lowest BCUT2D eigenvalue weighted by atomic mass is 10.1. The normalized spacial score (nSPS) is 37.8. The summed E-state index contributed by atoms with van der Waals surface area (Å²) in [5.41, 5.74) is 0.533. The fraction of sp³-hybridized carbons (Fsp3) is 0.800. The average Bonchev–Trinajstić information content (AvgIpc) is 2.63. The van der Waals surface area contributed by atoms with Gasteiger partial charge in [0.05, 0.1) is 6.04 Å². The molecule has 62 valence electrons. The van der Waals surface area contributed by atoms with Crippen LogP contribution in [0.25, 0.3) is 0 Å². The van der Waals surface area contributed by atoms with Crippen LogP contribution in [-0.4, -0.2) is 12.1 Å². The van der Waals surface area contributed by atoms with Gasteiger partial charge in [-0.15, -0.1) is 6.42 Å². The monoisotopic (exact) mass is 151 g/mol. The second-order valence-electron chi connectivity index (χ2n) is 3.82. The Bertz CT molecular complexity index is 180. The van der Waals surface area contributed by atoms with Gasteiger partial charge in [0.2, 0.25) is 0 Å². The summed E-state index contributed by atoms with van der Waals surface area (Å²) in [6.45, 7) is 6.59. The molecule has 3 unspecified atom stereocenters. The van der Waals surface area contributed by atoms with Crippen molar-refractivity contribution in [2.24, 2.45) is 5.41 Å². The highest BCUT2D eigenvalue weighted by Crippen LogP contribution is 2.48. The van der Waals surface area contributed by atoms with E-state index in [4.69, 9.17) is 6.42 Å². The van der Waals surface area contributed by atoms with E-state index >= 15 is 0 Å². The Balaban J connectivity index is 2.29. The van der Waals surface area contributed by atoms with Crippen LogP contribution < -0.4 is 5.32 Å². The maximum Gasteiger partial charge on any atom is 0.0660 e. The van der Waals surface area contributed by atoms with E-state index in [0.717, 1.165) is 0 Å². The van der Waals surface area contributed by atoms with Crippen molar-refractivity contribution in [2.45, 2.75) is 45.7 Å². The molecule has 0 aliphatic heterocycles. The molecule has 0 bridgehead atoms. The Morgan fingerprint density at radius 1 is 1.82 bits per heavy atom. The smallest absolute Gasteiger partial charge is 0.0660 e.